The van der Waals surface area contributed by atoms with Crippen molar-refractivity contribution in [2.24, 2.45) is 0 Å². The summed E-state index contributed by atoms with van der Waals surface area (Å²) in [6, 6.07) is 7.15. The summed E-state index contributed by atoms with van der Waals surface area (Å²) in [6.45, 7) is 0.165. The summed E-state index contributed by atoms with van der Waals surface area (Å²) in [7, 11) is 1.41. The normalized spacial score (nSPS) is 12.5. The second-order valence-corrected chi connectivity index (χ2v) is 7.30. The number of benzene rings is 1. The Morgan fingerprint density at radius 2 is 2.06 bits per heavy atom. The molecule has 168 valence electrons. The van der Waals surface area contributed by atoms with Gasteiger partial charge < -0.3 is 15.7 Å². The molecule has 3 heterocycles. The fourth-order valence-corrected chi connectivity index (χ4v) is 3.62. The molecule has 0 radical (unpaired) electrons. The van der Waals surface area contributed by atoms with Crippen LogP contribution in [0.5, 0.6) is 5.75 Å². The van der Waals surface area contributed by atoms with Crippen molar-refractivity contribution < 1.29 is 19.1 Å². The van der Waals surface area contributed by atoms with E-state index < -0.39 is 34.6 Å². The highest BCUT2D eigenvalue weighted by molar-refractivity contribution is 5.97. The molecule has 0 aliphatic carbocycles. The van der Waals surface area contributed by atoms with Crippen LogP contribution >= 0.6 is 0 Å². The van der Waals surface area contributed by atoms with E-state index in [9.17, 15) is 23.9 Å². The van der Waals surface area contributed by atoms with Crippen molar-refractivity contribution in [1.29, 1.82) is 0 Å². The molecule has 33 heavy (non-hydrogen) atoms. The first kappa shape index (κ1) is 21.9. The Morgan fingerprint density at radius 3 is 2.79 bits per heavy atom. The number of rotatable bonds is 5. The minimum Gasteiger partial charge on any atom is -0.501 e. The third kappa shape index (κ3) is 4.22. The van der Waals surface area contributed by atoms with Gasteiger partial charge in [0.1, 0.15) is 11.6 Å². The number of carbonyl (C=O) groups is 2. The maximum atomic E-state index is 13.6. The molecular weight excluding hydrogens is 429 g/mol. The average molecular weight is 449 g/mol. The highest BCUT2D eigenvalue weighted by Gasteiger charge is 2.25. The van der Waals surface area contributed by atoms with Crippen LogP contribution in [-0.2, 0) is 13.1 Å². The van der Waals surface area contributed by atoms with Crippen LogP contribution < -0.4 is 16.2 Å². The molecule has 0 saturated heterocycles. The lowest BCUT2D eigenvalue weighted by Crippen LogP contribution is -2.32. The van der Waals surface area contributed by atoms with Gasteiger partial charge in [0.05, 0.1) is 0 Å². The van der Waals surface area contributed by atoms with Crippen molar-refractivity contribution in [1.82, 2.24) is 25.2 Å². The van der Waals surface area contributed by atoms with E-state index in [-0.39, 0.29) is 17.9 Å². The molecule has 2 aromatic heterocycles. The number of carbonyl (C=O) groups excluding carboxylic acids is 2. The number of allylic oxidation sites excluding steroid dienone is 1. The van der Waals surface area contributed by atoms with Crippen LogP contribution in [0.1, 0.15) is 44.2 Å². The maximum Gasteiger partial charge on any atom is 0.296 e. The van der Waals surface area contributed by atoms with Crippen molar-refractivity contribution in [3.63, 3.8) is 0 Å². The fourth-order valence-electron chi connectivity index (χ4n) is 3.62. The van der Waals surface area contributed by atoms with Crippen LogP contribution in [0.25, 0.3) is 5.57 Å². The number of pyridine rings is 1. The average Bonchev–Trinajstić information content (AvgIpc) is 2.84. The summed E-state index contributed by atoms with van der Waals surface area (Å²) < 4.78 is 14.9. The highest BCUT2D eigenvalue weighted by atomic mass is 19.1. The lowest BCUT2D eigenvalue weighted by molar-refractivity contribution is 0.0933. The molecular formula is C23H20FN5O4. The van der Waals surface area contributed by atoms with Gasteiger partial charge in [0, 0.05) is 49.2 Å². The van der Waals surface area contributed by atoms with Gasteiger partial charge in [0.2, 0.25) is 5.75 Å². The van der Waals surface area contributed by atoms with Crippen molar-refractivity contribution in [2.75, 3.05) is 7.05 Å². The smallest absolute Gasteiger partial charge is 0.296 e. The predicted molar refractivity (Wildman–Crippen MR) is 117 cm³/mol. The summed E-state index contributed by atoms with van der Waals surface area (Å²) in [5.41, 5.74) is 0.591. The number of hydrogen-bond donors (Lipinski definition) is 3. The molecule has 1 aliphatic rings. The molecule has 0 bridgehead atoms. The number of amides is 2. The zero-order chi connectivity index (χ0) is 23.5. The minimum absolute atomic E-state index is 0.0577. The molecule has 9 nitrogen and oxygen atoms in total. The monoisotopic (exact) mass is 449 g/mol. The predicted octanol–water partition coefficient (Wildman–Crippen LogP) is 1.61. The van der Waals surface area contributed by atoms with Crippen molar-refractivity contribution in [3.8, 4) is 5.75 Å². The second-order valence-electron chi connectivity index (χ2n) is 7.30. The zero-order valence-electron chi connectivity index (χ0n) is 17.6. The van der Waals surface area contributed by atoms with E-state index in [2.05, 4.69) is 20.6 Å². The number of nitrogens with one attached hydrogen (secondary N) is 2. The molecule has 4 rings (SSSR count). The number of aromatic hydroxyl groups is 1. The maximum absolute atomic E-state index is 13.6. The first-order chi connectivity index (χ1) is 15.9. The molecule has 3 aromatic rings. The van der Waals surface area contributed by atoms with E-state index in [1.165, 1.54) is 23.7 Å². The Hall–Kier alpha value is -4.34. The molecule has 0 saturated carbocycles. The van der Waals surface area contributed by atoms with Gasteiger partial charge in [-0.3, -0.25) is 23.9 Å². The first-order valence-corrected chi connectivity index (χ1v) is 10.1. The quantitative estimate of drug-likeness (QED) is 0.543. The van der Waals surface area contributed by atoms with Gasteiger partial charge in [-0.05, 0) is 30.2 Å². The van der Waals surface area contributed by atoms with Gasteiger partial charge >= 0.3 is 0 Å². The summed E-state index contributed by atoms with van der Waals surface area (Å²) in [4.78, 5) is 46.0. The summed E-state index contributed by atoms with van der Waals surface area (Å²) in [5, 5.41) is 15.3. The topological polar surface area (TPSA) is 126 Å². The first-order valence-electron chi connectivity index (χ1n) is 10.1. The Bertz CT molecular complexity index is 1330. The van der Waals surface area contributed by atoms with Crippen molar-refractivity contribution in [3.05, 3.63) is 93.2 Å². The SMILES string of the molecule is CNC(=O)c1cc(F)ccc1CNC(=O)c1nc2n(c(=O)c1O)CCC=C2c1cccnc1. The van der Waals surface area contributed by atoms with Crippen LogP contribution in [0, 0.1) is 5.82 Å². The van der Waals surface area contributed by atoms with Gasteiger partial charge in [0.25, 0.3) is 17.4 Å². The van der Waals surface area contributed by atoms with E-state index in [0.717, 1.165) is 11.6 Å². The van der Waals surface area contributed by atoms with Crippen molar-refractivity contribution in [2.45, 2.75) is 19.5 Å². The van der Waals surface area contributed by atoms with E-state index in [1.807, 2.05) is 12.1 Å². The van der Waals surface area contributed by atoms with E-state index in [0.29, 0.717) is 24.1 Å². The highest BCUT2D eigenvalue weighted by Crippen LogP contribution is 2.26. The van der Waals surface area contributed by atoms with Crippen LogP contribution in [0.15, 0.2) is 53.6 Å². The van der Waals surface area contributed by atoms with E-state index in [4.69, 9.17) is 0 Å². The Morgan fingerprint density at radius 1 is 1.24 bits per heavy atom. The molecule has 2 amide bonds. The third-order valence-electron chi connectivity index (χ3n) is 5.26. The molecule has 1 aromatic carbocycles. The van der Waals surface area contributed by atoms with E-state index >= 15 is 0 Å². The summed E-state index contributed by atoms with van der Waals surface area (Å²) in [6.07, 6.45) is 5.68. The fraction of sp³-hybridized carbons (Fsp3) is 0.174. The lowest BCUT2D eigenvalue weighted by atomic mass is 10.0. The van der Waals surface area contributed by atoms with Gasteiger partial charge in [0.15, 0.2) is 5.69 Å². The van der Waals surface area contributed by atoms with Crippen LogP contribution in [0.4, 0.5) is 4.39 Å². The van der Waals surface area contributed by atoms with Gasteiger partial charge in [-0.15, -0.1) is 0 Å². The van der Waals surface area contributed by atoms with Crippen LogP contribution in [0.3, 0.4) is 0 Å². The van der Waals surface area contributed by atoms with E-state index in [1.54, 1.807) is 18.5 Å². The number of aromatic nitrogens is 3. The van der Waals surface area contributed by atoms with Crippen LogP contribution in [0.2, 0.25) is 0 Å². The van der Waals surface area contributed by atoms with Gasteiger partial charge in [-0.25, -0.2) is 9.37 Å². The Labute approximate surface area is 187 Å². The third-order valence-corrected chi connectivity index (χ3v) is 5.26. The molecule has 1 aliphatic heterocycles. The molecule has 0 spiro atoms. The number of fused-ring (bicyclic) bond motifs is 1. The largest absolute Gasteiger partial charge is 0.501 e. The number of hydrogen-bond acceptors (Lipinski definition) is 6. The second kappa shape index (κ2) is 9.03. The molecule has 0 unspecified atom stereocenters. The van der Waals surface area contributed by atoms with Gasteiger partial charge in [-0.1, -0.05) is 18.2 Å². The molecule has 3 N–H and O–H groups in total. The summed E-state index contributed by atoms with van der Waals surface area (Å²) >= 11 is 0. The number of halogens is 1. The van der Waals surface area contributed by atoms with Crippen molar-refractivity contribution >= 4 is 17.4 Å². The minimum atomic E-state index is -0.809. The molecule has 0 fully saturated rings. The molecule has 0 atom stereocenters. The zero-order valence-corrected chi connectivity index (χ0v) is 17.6. The standard InChI is InChI=1S/C23H20FN5O4/c1-25-21(31)17-10-15(24)7-6-14(17)12-27-22(32)18-19(30)23(33)29-9-3-5-16(20(29)28-18)13-4-2-8-26-11-13/h2,4-8,10-11,30H,3,9,12H2,1H3,(H,25,31)(H,27,32). The molecule has 10 heteroatoms. The number of nitrogens with zero attached hydrogens (tertiary/aromatic N) is 3. The Balaban J connectivity index is 1.67. The summed E-state index contributed by atoms with van der Waals surface area (Å²) in [5.74, 6) is -2.45. The van der Waals surface area contributed by atoms with Gasteiger partial charge in [-0.2, -0.15) is 0 Å². The van der Waals surface area contributed by atoms with Crippen LogP contribution in [-0.4, -0.2) is 38.5 Å². The Kier molecular flexibility index (Phi) is 5.99. The lowest BCUT2D eigenvalue weighted by Gasteiger charge is -2.20.